The molecule has 1 aromatic rings. The van der Waals surface area contributed by atoms with Crippen LogP contribution < -0.4 is 11.3 Å². The van der Waals surface area contributed by atoms with Crippen molar-refractivity contribution in [2.75, 3.05) is 0 Å². The number of benzene rings is 1. The van der Waals surface area contributed by atoms with Gasteiger partial charge in [-0.2, -0.15) is 0 Å². The average Bonchev–Trinajstić information content (AvgIpc) is 2.30. The van der Waals surface area contributed by atoms with Crippen molar-refractivity contribution in [1.82, 2.24) is 5.43 Å². The van der Waals surface area contributed by atoms with Crippen molar-refractivity contribution in [3.8, 4) is 0 Å². The molecule has 96 valence electrons. The lowest BCUT2D eigenvalue weighted by atomic mass is 9.79. The van der Waals surface area contributed by atoms with E-state index in [4.69, 9.17) is 29.0 Å². The molecule has 0 aliphatic heterocycles. The molecular formula is C13H20Cl2N2. The number of nitrogens with one attached hydrogen (secondary N) is 1. The summed E-state index contributed by atoms with van der Waals surface area (Å²) in [5.74, 6) is 5.64. The molecule has 0 heterocycles. The lowest BCUT2D eigenvalue weighted by molar-refractivity contribution is 0.231. The molecule has 4 heteroatoms. The highest BCUT2D eigenvalue weighted by molar-refractivity contribution is 6.33. The van der Waals surface area contributed by atoms with Gasteiger partial charge in [0.15, 0.2) is 0 Å². The zero-order valence-electron chi connectivity index (χ0n) is 10.6. The fourth-order valence-corrected chi connectivity index (χ4v) is 2.12. The average molecular weight is 275 g/mol. The van der Waals surface area contributed by atoms with E-state index in [0.29, 0.717) is 5.02 Å². The quantitative estimate of drug-likeness (QED) is 0.633. The van der Waals surface area contributed by atoms with Gasteiger partial charge in [0.1, 0.15) is 0 Å². The summed E-state index contributed by atoms with van der Waals surface area (Å²) in [5.41, 5.74) is 4.03. The summed E-state index contributed by atoms with van der Waals surface area (Å²) in [5, 5.41) is 1.44. The summed E-state index contributed by atoms with van der Waals surface area (Å²) in [6, 6.07) is 5.69. The zero-order valence-corrected chi connectivity index (χ0v) is 12.1. The van der Waals surface area contributed by atoms with Crippen LogP contribution in [0.5, 0.6) is 0 Å². The van der Waals surface area contributed by atoms with Gasteiger partial charge >= 0.3 is 0 Å². The Kier molecular flexibility index (Phi) is 5.26. The number of rotatable bonds is 5. The molecule has 0 spiro atoms. The van der Waals surface area contributed by atoms with E-state index >= 15 is 0 Å². The molecule has 1 unspecified atom stereocenters. The molecule has 1 rings (SSSR count). The van der Waals surface area contributed by atoms with Crippen LogP contribution in [-0.4, -0.2) is 6.04 Å². The second-order valence-electron chi connectivity index (χ2n) is 5.00. The predicted octanol–water partition coefficient (Wildman–Crippen LogP) is 3.80. The van der Waals surface area contributed by atoms with E-state index in [-0.39, 0.29) is 11.5 Å². The van der Waals surface area contributed by atoms with Crippen LogP contribution in [0.4, 0.5) is 0 Å². The Morgan fingerprint density at radius 2 is 2.00 bits per heavy atom. The molecule has 1 atom stereocenters. The Labute approximate surface area is 113 Å². The first-order valence-electron chi connectivity index (χ1n) is 5.80. The molecule has 0 aromatic heterocycles. The number of hydrazine groups is 1. The van der Waals surface area contributed by atoms with E-state index < -0.39 is 0 Å². The highest BCUT2D eigenvalue weighted by Gasteiger charge is 2.27. The highest BCUT2D eigenvalue weighted by Crippen LogP contribution is 2.29. The van der Waals surface area contributed by atoms with Crippen molar-refractivity contribution in [1.29, 1.82) is 0 Å². The Bertz CT molecular complexity index is 378. The number of hydrogen-bond acceptors (Lipinski definition) is 2. The summed E-state index contributed by atoms with van der Waals surface area (Å²) in [7, 11) is 0. The van der Waals surface area contributed by atoms with Crippen molar-refractivity contribution in [3.63, 3.8) is 0 Å². The normalized spacial score (nSPS) is 13.8. The molecule has 0 fully saturated rings. The standard InChI is InChI=1S/C13H20Cl2N2/c1-4-13(2,3)12(17-16)8-9-7-10(14)5-6-11(9)15/h5-7,12,17H,4,8,16H2,1-3H3. The van der Waals surface area contributed by atoms with Gasteiger partial charge in [-0.3, -0.25) is 11.3 Å². The van der Waals surface area contributed by atoms with Gasteiger partial charge in [0.25, 0.3) is 0 Å². The SMILES string of the molecule is CCC(C)(C)C(Cc1cc(Cl)ccc1Cl)NN. The van der Waals surface area contributed by atoms with Crippen molar-refractivity contribution < 1.29 is 0 Å². The molecule has 3 N–H and O–H groups in total. The second kappa shape index (κ2) is 6.05. The van der Waals surface area contributed by atoms with Gasteiger partial charge in [-0.25, -0.2) is 0 Å². The van der Waals surface area contributed by atoms with Crippen LogP contribution >= 0.6 is 23.2 Å². The minimum absolute atomic E-state index is 0.112. The van der Waals surface area contributed by atoms with Crippen LogP contribution in [0.15, 0.2) is 18.2 Å². The van der Waals surface area contributed by atoms with Gasteiger partial charge < -0.3 is 0 Å². The third-order valence-corrected chi connectivity index (χ3v) is 4.09. The first kappa shape index (κ1) is 14.8. The van der Waals surface area contributed by atoms with Crippen molar-refractivity contribution in [2.24, 2.45) is 11.3 Å². The van der Waals surface area contributed by atoms with E-state index in [1.807, 2.05) is 12.1 Å². The lowest BCUT2D eigenvalue weighted by Crippen LogP contribution is -2.46. The zero-order chi connectivity index (χ0) is 13.1. The topological polar surface area (TPSA) is 38.0 Å². The van der Waals surface area contributed by atoms with E-state index in [2.05, 4.69) is 26.2 Å². The third-order valence-electron chi connectivity index (χ3n) is 3.49. The van der Waals surface area contributed by atoms with Gasteiger partial charge in [0.05, 0.1) is 0 Å². The van der Waals surface area contributed by atoms with Gasteiger partial charge in [-0.15, -0.1) is 0 Å². The molecule has 2 nitrogen and oxygen atoms in total. The molecule has 0 aliphatic rings. The van der Waals surface area contributed by atoms with E-state index in [1.54, 1.807) is 6.07 Å². The smallest absolute Gasteiger partial charge is 0.0439 e. The first-order chi connectivity index (χ1) is 7.90. The fraction of sp³-hybridized carbons (Fsp3) is 0.538. The summed E-state index contributed by atoms with van der Waals surface area (Å²) in [4.78, 5) is 0. The molecule has 0 saturated heterocycles. The minimum atomic E-state index is 0.112. The number of hydrogen-bond donors (Lipinski definition) is 2. The van der Waals surface area contributed by atoms with Crippen LogP contribution in [0.25, 0.3) is 0 Å². The minimum Gasteiger partial charge on any atom is -0.271 e. The molecule has 17 heavy (non-hydrogen) atoms. The Morgan fingerprint density at radius 3 is 2.53 bits per heavy atom. The molecule has 0 amide bonds. The van der Waals surface area contributed by atoms with Crippen LogP contribution in [0.2, 0.25) is 10.0 Å². The van der Waals surface area contributed by atoms with Crippen LogP contribution in [-0.2, 0) is 6.42 Å². The van der Waals surface area contributed by atoms with Crippen LogP contribution in [0.1, 0.15) is 32.8 Å². The monoisotopic (exact) mass is 274 g/mol. The molecule has 0 bridgehead atoms. The highest BCUT2D eigenvalue weighted by atomic mass is 35.5. The number of nitrogens with two attached hydrogens (primary N) is 1. The van der Waals surface area contributed by atoms with Crippen LogP contribution in [0.3, 0.4) is 0 Å². The summed E-state index contributed by atoms with van der Waals surface area (Å²) in [6.45, 7) is 6.54. The summed E-state index contributed by atoms with van der Waals surface area (Å²) >= 11 is 12.1. The summed E-state index contributed by atoms with van der Waals surface area (Å²) in [6.07, 6.45) is 1.82. The van der Waals surface area contributed by atoms with Crippen molar-refractivity contribution in [3.05, 3.63) is 33.8 Å². The molecule has 0 saturated carbocycles. The van der Waals surface area contributed by atoms with Gasteiger partial charge in [-0.1, -0.05) is 44.0 Å². The third kappa shape index (κ3) is 3.85. The van der Waals surface area contributed by atoms with E-state index in [0.717, 1.165) is 23.4 Å². The fourth-order valence-electron chi connectivity index (χ4n) is 1.73. The maximum absolute atomic E-state index is 6.16. The largest absolute Gasteiger partial charge is 0.271 e. The maximum Gasteiger partial charge on any atom is 0.0439 e. The van der Waals surface area contributed by atoms with Crippen molar-refractivity contribution >= 4 is 23.2 Å². The Balaban J connectivity index is 2.91. The predicted molar refractivity (Wildman–Crippen MR) is 75.3 cm³/mol. The lowest BCUT2D eigenvalue weighted by Gasteiger charge is -2.33. The Hall–Kier alpha value is -0.280. The second-order valence-corrected chi connectivity index (χ2v) is 5.84. The van der Waals surface area contributed by atoms with Crippen LogP contribution in [0, 0.1) is 5.41 Å². The van der Waals surface area contributed by atoms with E-state index in [1.165, 1.54) is 0 Å². The first-order valence-corrected chi connectivity index (χ1v) is 6.56. The van der Waals surface area contributed by atoms with Gasteiger partial charge in [-0.05, 0) is 42.0 Å². The molecule has 0 radical (unpaired) electrons. The van der Waals surface area contributed by atoms with E-state index in [9.17, 15) is 0 Å². The van der Waals surface area contributed by atoms with Crippen molar-refractivity contribution in [2.45, 2.75) is 39.7 Å². The van der Waals surface area contributed by atoms with Gasteiger partial charge in [0, 0.05) is 16.1 Å². The molecule has 1 aromatic carbocycles. The molecule has 0 aliphatic carbocycles. The number of halogens is 2. The summed E-state index contributed by atoms with van der Waals surface area (Å²) < 4.78 is 0. The maximum atomic E-state index is 6.16. The Morgan fingerprint density at radius 1 is 1.35 bits per heavy atom. The molecular weight excluding hydrogens is 255 g/mol. The van der Waals surface area contributed by atoms with Gasteiger partial charge in [0.2, 0.25) is 0 Å².